The lowest BCUT2D eigenvalue weighted by Gasteiger charge is -2.24. The van der Waals surface area contributed by atoms with Crippen LogP contribution in [-0.4, -0.2) is 23.0 Å². The third-order valence-corrected chi connectivity index (χ3v) is 2.26. The molecule has 0 amide bonds. The lowest BCUT2D eigenvalue weighted by Crippen LogP contribution is -2.39. The van der Waals surface area contributed by atoms with E-state index in [0.717, 1.165) is 12.8 Å². The van der Waals surface area contributed by atoms with E-state index in [2.05, 4.69) is 0 Å². The smallest absolute Gasteiger partial charge is 0.303 e. The Morgan fingerprint density at radius 3 is 2.62 bits per heavy atom. The molecule has 0 bridgehead atoms. The predicted molar refractivity (Wildman–Crippen MR) is 44.8 cm³/mol. The number of esters is 1. The number of nitro groups is 1. The summed E-state index contributed by atoms with van der Waals surface area (Å²) in [6.45, 7) is 1.28. The van der Waals surface area contributed by atoms with E-state index >= 15 is 0 Å². The largest absolute Gasteiger partial charge is 0.455 e. The molecular weight excluding hydrogens is 174 g/mol. The standard InChI is InChI=1S/C8H13NO4/c1-6(10)13-8-5-3-2-4-7(8)9(11)12/h7-8H,2-5H2,1H3. The van der Waals surface area contributed by atoms with Crippen molar-refractivity contribution in [1.82, 2.24) is 0 Å². The van der Waals surface area contributed by atoms with Crippen molar-refractivity contribution in [1.29, 1.82) is 0 Å². The number of ether oxygens (including phenoxy) is 1. The van der Waals surface area contributed by atoms with Gasteiger partial charge in [-0.1, -0.05) is 0 Å². The zero-order chi connectivity index (χ0) is 9.84. The van der Waals surface area contributed by atoms with Crippen molar-refractivity contribution in [2.24, 2.45) is 0 Å². The van der Waals surface area contributed by atoms with Crippen LogP contribution in [0.15, 0.2) is 0 Å². The second kappa shape index (κ2) is 4.20. The van der Waals surface area contributed by atoms with E-state index in [4.69, 9.17) is 4.74 Å². The van der Waals surface area contributed by atoms with Crippen LogP contribution >= 0.6 is 0 Å². The Kier molecular flexibility index (Phi) is 3.22. The number of hydrogen-bond donors (Lipinski definition) is 0. The summed E-state index contributed by atoms with van der Waals surface area (Å²) in [6, 6.07) is -0.697. The number of hydrogen-bond acceptors (Lipinski definition) is 4. The van der Waals surface area contributed by atoms with Crippen LogP contribution in [0.4, 0.5) is 0 Å². The molecule has 0 aromatic carbocycles. The first kappa shape index (κ1) is 9.95. The Morgan fingerprint density at radius 2 is 2.08 bits per heavy atom. The molecule has 2 unspecified atom stereocenters. The second-order valence-corrected chi connectivity index (χ2v) is 3.29. The molecule has 0 saturated heterocycles. The summed E-state index contributed by atoms with van der Waals surface area (Å²) in [4.78, 5) is 20.9. The SMILES string of the molecule is CC(=O)OC1CCCCC1[N+](=O)[O-]. The third-order valence-electron chi connectivity index (χ3n) is 2.26. The van der Waals surface area contributed by atoms with Crippen molar-refractivity contribution >= 4 is 5.97 Å². The summed E-state index contributed by atoms with van der Waals surface area (Å²) in [5, 5.41) is 10.6. The number of carbonyl (C=O) groups is 1. The van der Waals surface area contributed by atoms with Crippen LogP contribution in [0.3, 0.4) is 0 Å². The molecule has 0 spiro atoms. The molecule has 1 fully saturated rings. The molecule has 74 valence electrons. The first-order valence-electron chi connectivity index (χ1n) is 4.42. The molecule has 1 aliphatic rings. The summed E-state index contributed by atoms with van der Waals surface area (Å²) < 4.78 is 4.88. The van der Waals surface area contributed by atoms with Gasteiger partial charge in [-0.2, -0.15) is 0 Å². The van der Waals surface area contributed by atoms with Gasteiger partial charge in [0.2, 0.25) is 6.04 Å². The highest BCUT2D eigenvalue weighted by Crippen LogP contribution is 2.23. The summed E-state index contributed by atoms with van der Waals surface area (Å²) in [5.41, 5.74) is 0. The first-order chi connectivity index (χ1) is 6.11. The first-order valence-corrected chi connectivity index (χ1v) is 4.42. The molecule has 13 heavy (non-hydrogen) atoms. The maximum atomic E-state index is 10.6. The zero-order valence-electron chi connectivity index (χ0n) is 7.56. The summed E-state index contributed by atoms with van der Waals surface area (Å²) in [6.07, 6.45) is 2.38. The molecule has 1 rings (SSSR count). The lowest BCUT2D eigenvalue weighted by atomic mass is 9.93. The van der Waals surface area contributed by atoms with E-state index in [1.165, 1.54) is 6.92 Å². The highest BCUT2D eigenvalue weighted by molar-refractivity contribution is 5.66. The van der Waals surface area contributed by atoms with E-state index in [1.807, 2.05) is 0 Å². The number of carbonyl (C=O) groups excluding carboxylic acids is 1. The Hall–Kier alpha value is -1.13. The molecule has 0 heterocycles. The minimum Gasteiger partial charge on any atom is -0.455 e. The number of nitrogens with zero attached hydrogens (tertiary/aromatic N) is 1. The van der Waals surface area contributed by atoms with E-state index in [0.29, 0.717) is 12.8 Å². The van der Waals surface area contributed by atoms with Gasteiger partial charge in [0, 0.05) is 18.3 Å². The molecule has 0 aromatic rings. The molecular formula is C8H13NO4. The van der Waals surface area contributed by atoms with Gasteiger partial charge in [-0.05, 0) is 19.3 Å². The van der Waals surface area contributed by atoms with E-state index in [1.54, 1.807) is 0 Å². The molecule has 0 aromatic heterocycles. The minimum absolute atomic E-state index is 0.341. The molecule has 0 N–H and O–H groups in total. The molecule has 2 atom stereocenters. The fourth-order valence-corrected chi connectivity index (χ4v) is 1.67. The van der Waals surface area contributed by atoms with Crippen molar-refractivity contribution in [3.05, 3.63) is 10.1 Å². The maximum absolute atomic E-state index is 10.6. The zero-order valence-corrected chi connectivity index (χ0v) is 7.56. The van der Waals surface area contributed by atoms with Gasteiger partial charge in [0.05, 0.1) is 0 Å². The molecule has 5 heteroatoms. The van der Waals surface area contributed by atoms with Crippen LogP contribution in [0.1, 0.15) is 32.6 Å². The predicted octanol–water partition coefficient (Wildman–Crippen LogP) is 1.14. The van der Waals surface area contributed by atoms with Crippen LogP contribution in [0, 0.1) is 10.1 Å². The van der Waals surface area contributed by atoms with Crippen molar-refractivity contribution in [2.75, 3.05) is 0 Å². The average molecular weight is 187 g/mol. The highest BCUT2D eigenvalue weighted by Gasteiger charge is 2.36. The topological polar surface area (TPSA) is 69.4 Å². The average Bonchev–Trinajstić information content (AvgIpc) is 2.03. The van der Waals surface area contributed by atoms with Gasteiger partial charge in [0.25, 0.3) is 0 Å². The van der Waals surface area contributed by atoms with Crippen molar-refractivity contribution in [2.45, 2.75) is 44.8 Å². The van der Waals surface area contributed by atoms with E-state index < -0.39 is 18.1 Å². The normalized spacial score (nSPS) is 28.1. The summed E-state index contributed by atoms with van der Waals surface area (Å²) in [7, 11) is 0. The van der Waals surface area contributed by atoms with Gasteiger partial charge in [-0.3, -0.25) is 14.9 Å². The maximum Gasteiger partial charge on any atom is 0.303 e. The Morgan fingerprint density at radius 1 is 1.46 bits per heavy atom. The molecule has 1 saturated carbocycles. The summed E-state index contributed by atoms with van der Waals surface area (Å²) >= 11 is 0. The van der Waals surface area contributed by atoms with Gasteiger partial charge < -0.3 is 4.74 Å². The minimum atomic E-state index is -0.697. The van der Waals surface area contributed by atoms with Crippen LogP contribution in [0.25, 0.3) is 0 Å². The highest BCUT2D eigenvalue weighted by atomic mass is 16.6. The van der Waals surface area contributed by atoms with Gasteiger partial charge in [-0.15, -0.1) is 0 Å². The Balaban J connectivity index is 2.56. The Bertz CT molecular complexity index is 216. The fourth-order valence-electron chi connectivity index (χ4n) is 1.67. The molecule has 1 aliphatic carbocycles. The molecule has 0 radical (unpaired) electrons. The third kappa shape index (κ3) is 2.68. The summed E-state index contributed by atoms with van der Waals surface area (Å²) in [5.74, 6) is -0.432. The van der Waals surface area contributed by atoms with E-state index in [9.17, 15) is 14.9 Å². The van der Waals surface area contributed by atoms with Crippen LogP contribution in [-0.2, 0) is 9.53 Å². The molecule has 5 nitrogen and oxygen atoms in total. The quantitative estimate of drug-likeness (QED) is 0.369. The van der Waals surface area contributed by atoms with Crippen molar-refractivity contribution in [3.63, 3.8) is 0 Å². The van der Waals surface area contributed by atoms with Crippen LogP contribution < -0.4 is 0 Å². The van der Waals surface area contributed by atoms with Gasteiger partial charge in [0.1, 0.15) is 0 Å². The van der Waals surface area contributed by atoms with Gasteiger partial charge >= 0.3 is 5.97 Å². The monoisotopic (exact) mass is 187 g/mol. The van der Waals surface area contributed by atoms with Crippen molar-refractivity contribution in [3.8, 4) is 0 Å². The molecule has 0 aliphatic heterocycles. The fraction of sp³-hybridized carbons (Fsp3) is 0.875. The van der Waals surface area contributed by atoms with Gasteiger partial charge in [-0.25, -0.2) is 0 Å². The van der Waals surface area contributed by atoms with Crippen LogP contribution in [0.2, 0.25) is 0 Å². The van der Waals surface area contributed by atoms with Crippen molar-refractivity contribution < 1.29 is 14.5 Å². The second-order valence-electron chi connectivity index (χ2n) is 3.29. The number of rotatable bonds is 2. The van der Waals surface area contributed by atoms with Gasteiger partial charge in [0.15, 0.2) is 6.10 Å². The van der Waals surface area contributed by atoms with Crippen LogP contribution in [0.5, 0.6) is 0 Å². The lowest BCUT2D eigenvalue weighted by molar-refractivity contribution is -0.537. The Labute approximate surface area is 76.2 Å². The van der Waals surface area contributed by atoms with E-state index in [-0.39, 0.29) is 4.92 Å².